The zero-order valence-electron chi connectivity index (χ0n) is 12.8. The average molecular weight is 316 g/mol. The maximum absolute atomic E-state index is 5.05. The standard InChI is InChI=1S/C14H25N3OS2/c1-10-8-17(9-11(2)19-10)14-16-12(3)13(20-14)7-15-5-6-18-4/h10-11,15H,5-9H2,1-4H3. The van der Waals surface area contributed by atoms with E-state index in [1.165, 1.54) is 10.0 Å². The van der Waals surface area contributed by atoms with Crippen LogP contribution in [0, 0.1) is 6.92 Å². The smallest absolute Gasteiger partial charge is 0.185 e. The second-order valence-electron chi connectivity index (χ2n) is 5.34. The van der Waals surface area contributed by atoms with Gasteiger partial charge in [0.2, 0.25) is 0 Å². The summed E-state index contributed by atoms with van der Waals surface area (Å²) in [6.45, 7) is 11.5. The number of aromatic nitrogens is 1. The van der Waals surface area contributed by atoms with Crippen molar-refractivity contribution in [3.8, 4) is 0 Å². The molecule has 1 aliphatic rings. The average Bonchev–Trinajstić information content (AvgIpc) is 2.75. The molecule has 0 aromatic carbocycles. The Kier molecular flexibility index (Phi) is 6.14. The predicted molar refractivity (Wildman–Crippen MR) is 89.2 cm³/mol. The number of nitrogens with one attached hydrogen (secondary N) is 1. The minimum Gasteiger partial charge on any atom is -0.383 e. The van der Waals surface area contributed by atoms with E-state index in [2.05, 4.69) is 42.7 Å². The van der Waals surface area contributed by atoms with Crippen molar-refractivity contribution in [2.24, 2.45) is 0 Å². The highest BCUT2D eigenvalue weighted by molar-refractivity contribution is 8.00. The Labute approximate surface area is 130 Å². The molecule has 1 aliphatic heterocycles. The number of hydrogen-bond donors (Lipinski definition) is 1. The highest BCUT2D eigenvalue weighted by atomic mass is 32.2. The van der Waals surface area contributed by atoms with Gasteiger partial charge in [0.05, 0.1) is 12.3 Å². The molecule has 1 N–H and O–H groups in total. The van der Waals surface area contributed by atoms with Crippen molar-refractivity contribution in [2.75, 3.05) is 38.3 Å². The molecule has 1 fully saturated rings. The lowest BCUT2D eigenvalue weighted by Gasteiger charge is -2.34. The fourth-order valence-corrected chi connectivity index (χ4v) is 4.80. The van der Waals surface area contributed by atoms with Gasteiger partial charge in [-0.1, -0.05) is 13.8 Å². The van der Waals surface area contributed by atoms with E-state index in [0.29, 0.717) is 10.5 Å². The van der Waals surface area contributed by atoms with E-state index in [9.17, 15) is 0 Å². The molecule has 0 saturated carbocycles. The molecule has 4 nitrogen and oxygen atoms in total. The summed E-state index contributed by atoms with van der Waals surface area (Å²) < 4.78 is 5.05. The molecule has 0 radical (unpaired) electrons. The first kappa shape index (κ1) is 16.1. The van der Waals surface area contributed by atoms with E-state index in [-0.39, 0.29) is 0 Å². The Hall–Kier alpha value is -0.300. The van der Waals surface area contributed by atoms with Crippen LogP contribution in [0.15, 0.2) is 0 Å². The zero-order valence-corrected chi connectivity index (χ0v) is 14.4. The number of hydrogen-bond acceptors (Lipinski definition) is 6. The van der Waals surface area contributed by atoms with Crippen LogP contribution in [0.2, 0.25) is 0 Å². The third-order valence-corrected chi connectivity index (χ3v) is 5.79. The summed E-state index contributed by atoms with van der Waals surface area (Å²) in [6, 6.07) is 0. The van der Waals surface area contributed by atoms with Crippen molar-refractivity contribution in [1.29, 1.82) is 0 Å². The number of ether oxygens (including phenoxy) is 1. The summed E-state index contributed by atoms with van der Waals surface area (Å²) in [5.41, 5.74) is 1.16. The fourth-order valence-electron chi connectivity index (χ4n) is 2.42. The molecule has 1 saturated heterocycles. The van der Waals surface area contributed by atoms with Gasteiger partial charge < -0.3 is 15.0 Å². The molecule has 2 unspecified atom stereocenters. The zero-order chi connectivity index (χ0) is 14.5. The summed E-state index contributed by atoms with van der Waals surface area (Å²) in [5, 5.41) is 5.96. The van der Waals surface area contributed by atoms with Crippen LogP contribution in [0.1, 0.15) is 24.4 Å². The van der Waals surface area contributed by atoms with Gasteiger partial charge in [0.1, 0.15) is 0 Å². The number of thiazole rings is 1. The van der Waals surface area contributed by atoms with Gasteiger partial charge in [-0.3, -0.25) is 0 Å². The molecule has 0 spiro atoms. The maximum atomic E-state index is 5.05. The van der Waals surface area contributed by atoms with E-state index >= 15 is 0 Å². The summed E-state index contributed by atoms with van der Waals surface area (Å²) in [6.07, 6.45) is 0. The molecule has 0 aliphatic carbocycles. The lowest BCUT2D eigenvalue weighted by molar-refractivity contribution is 0.199. The lowest BCUT2D eigenvalue weighted by Crippen LogP contribution is -2.40. The normalized spacial score (nSPS) is 23.3. The van der Waals surface area contributed by atoms with Crippen LogP contribution < -0.4 is 10.2 Å². The molecule has 2 rings (SSSR count). The first-order valence-corrected chi connectivity index (χ1v) is 8.92. The Balaban J connectivity index is 1.95. The number of methoxy groups -OCH3 is 1. The Morgan fingerprint density at radius 1 is 1.35 bits per heavy atom. The first-order chi connectivity index (χ1) is 9.60. The van der Waals surface area contributed by atoms with Crippen molar-refractivity contribution in [1.82, 2.24) is 10.3 Å². The summed E-state index contributed by atoms with van der Waals surface area (Å²) in [4.78, 5) is 8.55. The minimum absolute atomic E-state index is 0.686. The van der Waals surface area contributed by atoms with E-state index < -0.39 is 0 Å². The van der Waals surface area contributed by atoms with Crippen molar-refractivity contribution in [3.05, 3.63) is 10.6 Å². The van der Waals surface area contributed by atoms with Gasteiger partial charge in [-0.15, -0.1) is 11.3 Å². The van der Waals surface area contributed by atoms with Crippen LogP contribution in [-0.2, 0) is 11.3 Å². The Morgan fingerprint density at radius 3 is 2.70 bits per heavy atom. The van der Waals surface area contributed by atoms with Gasteiger partial charge in [0.25, 0.3) is 0 Å². The molecule has 2 atom stereocenters. The van der Waals surface area contributed by atoms with Gasteiger partial charge in [0.15, 0.2) is 5.13 Å². The van der Waals surface area contributed by atoms with Gasteiger partial charge in [-0.05, 0) is 6.92 Å². The maximum Gasteiger partial charge on any atom is 0.185 e. The van der Waals surface area contributed by atoms with Crippen molar-refractivity contribution >= 4 is 28.2 Å². The van der Waals surface area contributed by atoms with E-state index in [0.717, 1.165) is 38.5 Å². The Bertz CT molecular complexity index is 415. The SMILES string of the molecule is COCCNCc1sc(N2CC(C)SC(C)C2)nc1C. The fraction of sp³-hybridized carbons (Fsp3) is 0.786. The third kappa shape index (κ3) is 4.35. The number of thioether (sulfide) groups is 1. The molecule has 114 valence electrons. The topological polar surface area (TPSA) is 37.4 Å². The second-order valence-corrected chi connectivity index (χ2v) is 8.28. The molecule has 0 bridgehead atoms. The molecule has 0 amide bonds. The highest BCUT2D eigenvalue weighted by Crippen LogP contribution is 2.32. The highest BCUT2D eigenvalue weighted by Gasteiger charge is 2.24. The van der Waals surface area contributed by atoms with Crippen molar-refractivity contribution in [2.45, 2.75) is 37.8 Å². The van der Waals surface area contributed by atoms with E-state index in [4.69, 9.17) is 9.72 Å². The number of anilines is 1. The first-order valence-electron chi connectivity index (χ1n) is 7.16. The molecule has 20 heavy (non-hydrogen) atoms. The summed E-state index contributed by atoms with van der Waals surface area (Å²) in [7, 11) is 1.73. The summed E-state index contributed by atoms with van der Waals surface area (Å²) >= 11 is 3.91. The van der Waals surface area contributed by atoms with Crippen LogP contribution in [0.5, 0.6) is 0 Å². The molecular formula is C14H25N3OS2. The molecule has 2 heterocycles. The molecule has 6 heteroatoms. The van der Waals surface area contributed by atoms with Gasteiger partial charge in [-0.25, -0.2) is 4.98 Å². The predicted octanol–water partition coefficient (Wildman–Crippen LogP) is 2.52. The molecule has 1 aromatic heterocycles. The van der Waals surface area contributed by atoms with Gasteiger partial charge in [0, 0.05) is 48.7 Å². The van der Waals surface area contributed by atoms with Gasteiger partial charge >= 0.3 is 0 Å². The van der Waals surface area contributed by atoms with Crippen LogP contribution >= 0.6 is 23.1 Å². The van der Waals surface area contributed by atoms with Crippen LogP contribution in [0.4, 0.5) is 5.13 Å². The largest absolute Gasteiger partial charge is 0.383 e. The van der Waals surface area contributed by atoms with Gasteiger partial charge in [-0.2, -0.15) is 11.8 Å². The minimum atomic E-state index is 0.686. The second kappa shape index (κ2) is 7.64. The molecule has 1 aromatic rings. The van der Waals surface area contributed by atoms with Crippen LogP contribution in [0.3, 0.4) is 0 Å². The van der Waals surface area contributed by atoms with E-state index in [1.54, 1.807) is 7.11 Å². The number of rotatable bonds is 6. The monoisotopic (exact) mass is 315 g/mol. The van der Waals surface area contributed by atoms with Crippen molar-refractivity contribution < 1.29 is 4.74 Å². The Morgan fingerprint density at radius 2 is 2.05 bits per heavy atom. The van der Waals surface area contributed by atoms with Crippen molar-refractivity contribution in [3.63, 3.8) is 0 Å². The van der Waals surface area contributed by atoms with Crippen LogP contribution in [0.25, 0.3) is 0 Å². The lowest BCUT2D eigenvalue weighted by atomic mass is 10.3. The van der Waals surface area contributed by atoms with E-state index in [1.807, 2.05) is 11.3 Å². The van der Waals surface area contributed by atoms with Crippen LogP contribution in [-0.4, -0.2) is 48.8 Å². The summed E-state index contributed by atoms with van der Waals surface area (Å²) in [5.74, 6) is 0. The quantitative estimate of drug-likeness (QED) is 0.817. The number of nitrogens with zero attached hydrogens (tertiary/aromatic N) is 2. The third-order valence-electron chi connectivity index (χ3n) is 3.34. The molecular weight excluding hydrogens is 290 g/mol. The number of aryl methyl sites for hydroxylation is 1.